The van der Waals surface area contributed by atoms with Gasteiger partial charge < -0.3 is 29.4 Å². The maximum atomic E-state index is 11.8. The molecule has 8 nitrogen and oxygen atoms in total. The van der Waals surface area contributed by atoms with Crippen LogP contribution in [0.4, 0.5) is 11.4 Å². The molecule has 0 amide bonds. The van der Waals surface area contributed by atoms with Gasteiger partial charge in [0.2, 0.25) is 5.56 Å². The third-order valence-electron chi connectivity index (χ3n) is 6.48. The van der Waals surface area contributed by atoms with Crippen LogP contribution in [0.15, 0.2) is 87.8 Å². The molecule has 6 rings (SSSR count). The van der Waals surface area contributed by atoms with E-state index < -0.39 is 0 Å². The highest BCUT2D eigenvalue weighted by Crippen LogP contribution is 2.50. The zero-order valence-corrected chi connectivity index (χ0v) is 21.1. The Balaban J connectivity index is 1.20. The quantitative estimate of drug-likeness (QED) is 0.319. The molecular weight excluding hydrogens is 488 g/mol. The summed E-state index contributed by atoms with van der Waals surface area (Å²) in [5.74, 6) is 2.46. The van der Waals surface area contributed by atoms with E-state index in [0.717, 1.165) is 56.1 Å². The van der Waals surface area contributed by atoms with E-state index in [0.29, 0.717) is 19.7 Å². The van der Waals surface area contributed by atoms with E-state index in [1.54, 1.807) is 37.3 Å². The zero-order valence-electron chi connectivity index (χ0n) is 20.3. The molecule has 1 unspecified atom stereocenters. The molecule has 9 heteroatoms. The molecule has 2 aliphatic rings. The molecule has 4 heterocycles. The molecule has 1 atom stereocenters. The van der Waals surface area contributed by atoms with E-state index in [1.165, 1.54) is 0 Å². The third kappa shape index (κ3) is 4.87. The highest BCUT2D eigenvalue weighted by Gasteiger charge is 2.29. The second-order valence-corrected chi connectivity index (χ2v) is 9.88. The van der Waals surface area contributed by atoms with Gasteiger partial charge in [-0.15, -0.1) is 0 Å². The second-order valence-electron chi connectivity index (χ2n) is 8.80. The molecule has 188 valence electrons. The Morgan fingerprint density at radius 1 is 1.19 bits per heavy atom. The molecule has 4 aromatic rings. The van der Waals surface area contributed by atoms with Gasteiger partial charge in [0, 0.05) is 66.8 Å². The maximum absolute atomic E-state index is 11.8. The van der Waals surface area contributed by atoms with Crippen LogP contribution in [0.2, 0.25) is 0 Å². The summed E-state index contributed by atoms with van der Waals surface area (Å²) >= 11 is 1.69. The fourth-order valence-electron chi connectivity index (χ4n) is 4.63. The van der Waals surface area contributed by atoms with Crippen molar-refractivity contribution in [3.8, 4) is 17.2 Å². The van der Waals surface area contributed by atoms with Gasteiger partial charge in [-0.1, -0.05) is 23.9 Å². The topological polar surface area (TPSA) is 88.7 Å². The van der Waals surface area contributed by atoms with Crippen molar-refractivity contribution in [2.75, 3.05) is 37.0 Å². The van der Waals surface area contributed by atoms with Gasteiger partial charge in [0.05, 0.1) is 23.5 Å². The first-order chi connectivity index (χ1) is 18.2. The Kier molecular flexibility index (Phi) is 6.46. The maximum Gasteiger partial charge on any atom is 0.249 e. The molecule has 1 fully saturated rings. The van der Waals surface area contributed by atoms with Crippen LogP contribution in [0, 0.1) is 0 Å². The Hall–Kier alpha value is -3.95. The number of ether oxygens (including phenoxy) is 3. The van der Waals surface area contributed by atoms with Gasteiger partial charge in [0.25, 0.3) is 0 Å². The van der Waals surface area contributed by atoms with Crippen molar-refractivity contribution in [1.82, 2.24) is 9.97 Å². The minimum absolute atomic E-state index is 0.109. The monoisotopic (exact) mass is 514 g/mol. The highest BCUT2D eigenvalue weighted by molar-refractivity contribution is 7.99. The minimum Gasteiger partial charge on any atom is -0.496 e. The summed E-state index contributed by atoms with van der Waals surface area (Å²) in [5, 5.41) is 3.46. The Morgan fingerprint density at radius 3 is 3.03 bits per heavy atom. The molecule has 0 spiro atoms. The van der Waals surface area contributed by atoms with Crippen LogP contribution in [-0.2, 0) is 11.3 Å². The number of aromatic nitrogens is 2. The Labute approximate surface area is 218 Å². The fourth-order valence-corrected chi connectivity index (χ4v) is 5.66. The second kappa shape index (κ2) is 10.2. The summed E-state index contributed by atoms with van der Waals surface area (Å²) in [6.07, 6.45) is 5.05. The van der Waals surface area contributed by atoms with Crippen LogP contribution < -0.4 is 25.2 Å². The summed E-state index contributed by atoms with van der Waals surface area (Å²) in [7, 11) is 1.66. The van der Waals surface area contributed by atoms with Gasteiger partial charge in [-0.3, -0.25) is 9.78 Å². The first-order valence-electron chi connectivity index (χ1n) is 12.1. The molecule has 2 aromatic heterocycles. The van der Waals surface area contributed by atoms with Crippen molar-refractivity contribution >= 4 is 23.1 Å². The summed E-state index contributed by atoms with van der Waals surface area (Å²) in [4.78, 5) is 23.0. The number of aromatic amines is 1. The molecule has 0 radical (unpaired) electrons. The SMILES string of the molecule is COc1ccncc1CNc1ccc2c(c1)Sc1cccc(C3CN(c4cc[nH]c(=O)c4)CCO3)c1O2. The van der Waals surface area contributed by atoms with E-state index in [-0.39, 0.29) is 11.7 Å². The van der Waals surface area contributed by atoms with Gasteiger partial charge in [0.1, 0.15) is 23.4 Å². The fraction of sp³-hybridized carbons (Fsp3) is 0.214. The number of H-pyrrole nitrogens is 1. The lowest BCUT2D eigenvalue weighted by Crippen LogP contribution is -2.39. The summed E-state index contributed by atoms with van der Waals surface area (Å²) in [6.45, 7) is 2.54. The Bertz CT molecular complexity index is 1490. The van der Waals surface area contributed by atoms with Crippen molar-refractivity contribution in [3.63, 3.8) is 0 Å². The molecule has 1 saturated heterocycles. The van der Waals surface area contributed by atoms with Crippen molar-refractivity contribution in [3.05, 3.63) is 94.7 Å². The summed E-state index contributed by atoms with van der Waals surface area (Å²) in [5.41, 5.74) is 3.78. The third-order valence-corrected chi connectivity index (χ3v) is 7.56. The molecule has 2 aliphatic heterocycles. The number of morpholine rings is 1. The van der Waals surface area contributed by atoms with Crippen LogP contribution in [0.3, 0.4) is 0 Å². The number of fused-ring (bicyclic) bond motifs is 2. The highest BCUT2D eigenvalue weighted by atomic mass is 32.2. The van der Waals surface area contributed by atoms with E-state index >= 15 is 0 Å². The molecule has 0 saturated carbocycles. The molecule has 2 N–H and O–H groups in total. The van der Waals surface area contributed by atoms with Crippen molar-refractivity contribution in [2.45, 2.75) is 22.4 Å². The predicted octanol–water partition coefficient (Wildman–Crippen LogP) is 5.23. The number of pyridine rings is 2. The minimum atomic E-state index is -0.166. The number of methoxy groups -OCH3 is 1. The summed E-state index contributed by atoms with van der Waals surface area (Å²) in [6, 6.07) is 17.7. The van der Waals surface area contributed by atoms with E-state index in [4.69, 9.17) is 14.2 Å². The number of nitrogens with one attached hydrogen (secondary N) is 2. The number of hydrogen-bond acceptors (Lipinski definition) is 8. The lowest BCUT2D eigenvalue weighted by Gasteiger charge is -2.35. The van der Waals surface area contributed by atoms with Gasteiger partial charge in [-0.25, -0.2) is 0 Å². The number of anilines is 2. The van der Waals surface area contributed by atoms with Crippen LogP contribution in [0.5, 0.6) is 17.2 Å². The van der Waals surface area contributed by atoms with Gasteiger partial charge in [-0.05, 0) is 36.4 Å². The van der Waals surface area contributed by atoms with Crippen LogP contribution in [-0.4, -0.2) is 36.8 Å². The smallest absolute Gasteiger partial charge is 0.249 e. The van der Waals surface area contributed by atoms with E-state index in [9.17, 15) is 4.79 Å². The number of nitrogens with zero attached hydrogens (tertiary/aromatic N) is 2. The Morgan fingerprint density at radius 2 is 2.14 bits per heavy atom. The van der Waals surface area contributed by atoms with Crippen molar-refractivity contribution in [1.29, 1.82) is 0 Å². The normalized spacial score (nSPS) is 16.4. The van der Waals surface area contributed by atoms with Gasteiger partial charge in [0.15, 0.2) is 0 Å². The lowest BCUT2D eigenvalue weighted by molar-refractivity contribution is 0.0383. The molecular formula is C28H26N4O4S. The first-order valence-corrected chi connectivity index (χ1v) is 12.9. The largest absolute Gasteiger partial charge is 0.496 e. The van der Waals surface area contributed by atoms with Crippen molar-refractivity contribution in [2.24, 2.45) is 0 Å². The predicted molar refractivity (Wildman–Crippen MR) is 143 cm³/mol. The van der Waals surface area contributed by atoms with E-state index in [1.807, 2.05) is 36.5 Å². The average Bonchev–Trinajstić information content (AvgIpc) is 2.94. The standard InChI is InChI=1S/C28H26N4O4S/c1-34-22-8-9-29-15-18(22)16-31-19-5-6-23-26(13-19)37-25-4-2-3-21(28(25)36-23)24-17-32(11-12-35-24)20-7-10-30-27(33)14-20/h2-10,13-15,24,31H,11-12,16-17H2,1H3,(H,30,33). The zero-order chi connectivity index (χ0) is 25.2. The number of benzene rings is 2. The van der Waals surface area contributed by atoms with Crippen LogP contribution in [0.25, 0.3) is 0 Å². The first kappa shape index (κ1) is 23.4. The molecule has 2 aromatic carbocycles. The van der Waals surface area contributed by atoms with Gasteiger partial charge in [-0.2, -0.15) is 0 Å². The number of rotatable bonds is 6. The van der Waals surface area contributed by atoms with Gasteiger partial charge >= 0.3 is 0 Å². The van der Waals surface area contributed by atoms with E-state index in [2.05, 4.69) is 38.4 Å². The molecule has 37 heavy (non-hydrogen) atoms. The number of hydrogen-bond donors (Lipinski definition) is 2. The lowest BCUT2D eigenvalue weighted by atomic mass is 10.1. The van der Waals surface area contributed by atoms with Crippen LogP contribution >= 0.6 is 11.8 Å². The molecule has 0 aliphatic carbocycles. The van der Waals surface area contributed by atoms with Crippen molar-refractivity contribution < 1.29 is 14.2 Å². The summed E-state index contributed by atoms with van der Waals surface area (Å²) < 4.78 is 18.0. The molecule has 0 bridgehead atoms. The number of para-hydroxylation sites is 1. The van der Waals surface area contributed by atoms with Crippen LogP contribution in [0.1, 0.15) is 17.2 Å². The average molecular weight is 515 g/mol.